The molecule has 0 amide bonds. The topological polar surface area (TPSA) is 103 Å². The molecule has 2 N–H and O–H groups in total. The SMILES string of the molecule is CCCCCCNc1nc2c(c(=O)n(C)c(=O)n2C)n1C[C@H](O)COc1ccccc1C. The molecule has 0 aliphatic heterocycles. The third-order valence-corrected chi connectivity index (χ3v) is 5.58. The van der Waals surface area contributed by atoms with E-state index >= 15 is 0 Å². The monoisotopic (exact) mass is 443 g/mol. The van der Waals surface area contributed by atoms with Crippen LogP contribution < -0.4 is 21.3 Å². The van der Waals surface area contributed by atoms with E-state index in [0.717, 1.165) is 35.8 Å². The van der Waals surface area contributed by atoms with Crippen LogP contribution in [0.1, 0.15) is 38.2 Å². The lowest BCUT2D eigenvalue weighted by Crippen LogP contribution is -2.38. The van der Waals surface area contributed by atoms with E-state index in [0.29, 0.717) is 23.9 Å². The number of aryl methyl sites for hydroxylation is 2. The average Bonchev–Trinajstić information content (AvgIpc) is 3.13. The molecule has 0 saturated carbocycles. The number of hydrogen-bond acceptors (Lipinski definition) is 6. The van der Waals surface area contributed by atoms with Crippen molar-refractivity contribution in [3.8, 4) is 5.75 Å². The second-order valence-corrected chi connectivity index (χ2v) is 8.14. The van der Waals surface area contributed by atoms with Gasteiger partial charge in [-0.2, -0.15) is 4.98 Å². The third-order valence-electron chi connectivity index (χ3n) is 5.58. The Morgan fingerprint density at radius 3 is 2.59 bits per heavy atom. The van der Waals surface area contributed by atoms with E-state index in [4.69, 9.17) is 4.74 Å². The number of imidazole rings is 1. The van der Waals surface area contributed by atoms with Crippen LogP contribution in [0, 0.1) is 6.92 Å². The summed E-state index contributed by atoms with van der Waals surface area (Å²) in [4.78, 5) is 29.8. The Kier molecular flexibility index (Phi) is 7.74. The maximum atomic E-state index is 12.9. The first kappa shape index (κ1) is 23.6. The van der Waals surface area contributed by atoms with Gasteiger partial charge >= 0.3 is 5.69 Å². The summed E-state index contributed by atoms with van der Waals surface area (Å²) in [6, 6.07) is 7.59. The Morgan fingerprint density at radius 1 is 1.12 bits per heavy atom. The molecule has 2 aromatic heterocycles. The Morgan fingerprint density at radius 2 is 1.88 bits per heavy atom. The van der Waals surface area contributed by atoms with Crippen LogP contribution in [0.2, 0.25) is 0 Å². The number of anilines is 1. The number of hydrogen-bond donors (Lipinski definition) is 2. The maximum Gasteiger partial charge on any atom is 0.332 e. The summed E-state index contributed by atoms with van der Waals surface area (Å²) >= 11 is 0. The first-order valence-corrected chi connectivity index (χ1v) is 11.1. The predicted molar refractivity (Wildman–Crippen MR) is 126 cm³/mol. The molecule has 1 atom stereocenters. The van der Waals surface area contributed by atoms with Crippen molar-refractivity contribution in [1.29, 1.82) is 0 Å². The summed E-state index contributed by atoms with van der Waals surface area (Å²) in [5, 5.41) is 14.0. The minimum absolute atomic E-state index is 0.0620. The molecule has 0 radical (unpaired) electrons. The largest absolute Gasteiger partial charge is 0.491 e. The van der Waals surface area contributed by atoms with Gasteiger partial charge in [0.1, 0.15) is 18.5 Å². The van der Waals surface area contributed by atoms with E-state index in [9.17, 15) is 14.7 Å². The lowest BCUT2D eigenvalue weighted by atomic mass is 10.2. The van der Waals surface area contributed by atoms with Crippen molar-refractivity contribution in [3.63, 3.8) is 0 Å². The number of unbranched alkanes of at least 4 members (excludes halogenated alkanes) is 3. The fourth-order valence-corrected chi connectivity index (χ4v) is 3.68. The number of aliphatic hydroxyl groups excluding tert-OH is 1. The van der Waals surface area contributed by atoms with Crippen LogP contribution in [0.4, 0.5) is 5.95 Å². The number of nitrogens with one attached hydrogen (secondary N) is 1. The van der Waals surface area contributed by atoms with Crippen LogP contribution in [0.15, 0.2) is 33.9 Å². The van der Waals surface area contributed by atoms with Crippen LogP contribution >= 0.6 is 0 Å². The standard InChI is InChI=1S/C23H33N5O4/c1-5-6-7-10-13-24-22-25-20-19(21(30)27(4)23(31)26(20)3)28(22)14-17(29)15-32-18-12-9-8-11-16(18)2/h8-9,11-12,17,29H,5-7,10,13-15H2,1-4H3,(H,24,25)/t17-/m0/s1. The van der Waals surface area contributed by atoms with E-state index in [2.05, 4.69) is 17.2 Å². The second kappa shape index (κ2) is 10.5. The molecule has 2 heterocycles. The first-order chi connectivity index (χ1) is 15.3. The molecule has 9 nitrogen and oxygen atoms in total. The molecule has 0 aliphatic rings. The molecule has 0 fully saturated rings. The van der Waals surface area contributed by atoms with E-state index in [1.54, 1.807) is 11.6 Å². The summed E-state index contributed by atoms with van der Waals surface area (Å²) in [6.07, 6.45) is 3.48. The first-order valence-electron chi connectivity index (χ1n) is 11.1. The lowest BCUT2D eigenvalue weighted by molar-refractivity contribution is 0.0935. The average molecular weight is 444 g/mol. The Bertz CT molecular complexity index is 1180. The molecule has 0 unspecified atom stereocenters. The molecule has 174 valence electrons. The van der Waals surface area contributed by atoms with Crippen molar-refractivity contribution < 1.29 is 9.84 Å². The van der Waals surface area contributed by atoms with Gasteiger partial charge in [-0.3, -0.25) is 13.9 Å². The molecule has 3 aromatic rings. The van der Waals surface area contributed by atoms with Crippen LogP contribution in [-0.2, 0) is 20.6 Å². The van der Waals surface area contributed by atoms with Gasteiger partial charge in [0.2, 0.25) is 5.95 Å². The molecule has 32 heavy (non-hydrogen) atoms. The third kappa shape index (κ3) is 5.04. The van der Waals surface area contributed by atoms with E-state index < -0.39 is 17.4 Å². The summed E-state index contributed by atoms with van der Waals surface area (Å²) in [7, 11) is 3.03. The molecular formula is C23H33N5O4. The molecule has 0 spiro atoms. The van der Waals surface area contributed by atoms with Gasteiger partial charge in [-0.15, -0.1) is 0 Å². The van der Waals surface area contributed by atoms with Crippen molar-refractivity contribution in [2.24, 2.45) is 14.1 Å². The summed E-state index contributed by atoms with van der Waals surface area (Å²) < 4.78 is 9.84. The van der Waals surface area contributed by atoms with Crippen molar-refractivity contribution in [2.45, 2.75) is 52.2 Å². The number of rotatable bonds is 11. The van der Waals surface area contributed by atoms with Crippen molar-refractivity contribution in [2.75, 3.05) is 18.5 Å². The number of aliphatic hydroxyl groups is 1. The molecule has 0 aliphatic carbocycles. The van der Waals surface area contributed by atoms with E-state index in [1.165, 1.54) is 11.6 Å². The highest BCUT2D eigenvalue weighted by atomic mass is 16.5. The number of aromatic nitrogens is 4. The van der Waals surface area contributed by atoms with Gasteiger partial charge in [0.05, 0.1) is 6.54 Å². The second-order valence-electron chi connectivity index (χ2n) is 8.14. The number of nitrogens with zero attached hydrogens (tertiary/aromatic N) is 4. The number of benzene rings is 1. The Balaban J connectivity index is 1.88. The highest BCUT2D eigenvalue weighted by molar-refractivity contribution is 5.74. The van der Waals surface area contributed by atoms with Crippen LogP contribution in [-0.4, -0.2) is 43.0 Å². The van der Waals surface area contributed by atoms with Gasteiger partial charge in [0.25, 0.3) is 5.56 Å². The summed E-state index contributed by atoms with van der Waals surface area (Å²) in [6.45, 7) is 4.95. The van der Waals surface area contributed by atoms with E-state index in [1.807, 2.05) is 31.2 Å². The molecule has 0 saturated heterocycles. The highest BCUT2D eigenvalue weighted by Crippen LogP contribution is 2.19. The minimum Gasteiger partial charge on any atom is -0.491 e. The number of para-hydroxylation sites is 1. The lowest BCUT2D eigenvalue weighted by Gasteiger charge is -2.17. The van der Waals surface area contributed by atoms with Gasteiger partial charge in [-0.25, -0.2) is 4.79 Å². The fourth-order valence-electron chi connectivity index (χ4n) is 3.68. The summed E-state index contributed by atoms with van der Waals surface area (Å²) in [5.41, 5.74) is 0.666. The van der Waals surface area contributed by atoms with Gasteiger partial charge in [-0.05, 0) is 25.0 Å². The highest BCUT2D eigenvalue weighted by Gasteiger charge is 2.21. The maximum absolute atomic E-state index is 12.9. The number of ether oxygens (including phenoxy) is 1. The quantitative estimate of drug-likeness (QED) is 0.440. The van der Waals surface area contributed by atoms with Gasteiger partial charge in [0, 0.05) is 20.6 Å². The van der Waals surface area contributed by atoms with Crippen LogP contribution in [0.3, 0.4) is 0 Å². The van der Waals surface area contributed by atoms with Gasteiger partial charge in [-0.1, -0.05) is 44.4 Å². The molecule has 0 bridgehead atoms. The molecule has 1 aromatic carbocycles. The normalized spacial score (nSPS) is 12.3. The van der Waals surface area contributed by atoms with E-state index in [-0.39, 0.29) is 18.7 Å². The zero-order valence-corrected chi connectivity index (χ0v) is 19.3. The summed E-state index contributed by atoms with van der Waals surface area (Å²) in [5.74, 6) is 1.17. The Labute approximate surface area is 187 Å². The fraction of sp³-hybridized carbons (Fsp3) is 0.522. The van der Waals surface area contributed by atoms with Gasteiger partial charge < -0.3 is 19.7 Å². The number of fused-ring (bicyclic) bond motifs is 1. The zero-order chi connectivity index (χ0) is 23.3. The van der Waals surface area contributed by atoms with Crippen molar-refractivity contribution in [1.82, 2.24) is 18.7 Å². The molecule has 3 rings (SSSR count). The zero-order valence-electron chi connectivity index (χ0n) is 19.3. The smallest absolute Gasteiger partial charge is 0.332 e. The van der Waals surface area contributed by atoms with Crippen LogP contribution in [0.5, 0.6) is 5.75 Å². The van der Waals surface area contributed by atoms with Gasteiger partial charge in [0.15, 0.2) is 11.2 Å². The van der Waals surface area contributed by atoms with Crippen molar-refractivity contribution >= 4 is 17.1 Å². The molecular weight excluding hydrogens is 410 g/mol. The predicted octanol–water partition coefficient (Wildman–Crippen LogP) is 2.17. The minimum atomic E-state index is -0.880. The molecule has 9 heteroatoms. The van der Waals surface area contributed by atoms with Crippen molar-refractivity contribution in [3.05, 3.63) is 50.7 Å². The Hall–Kier alpha value is -3.07. The van der Waals surface area contributed by atoms with Crippen LogP contribution in [0.25, 0.3) is 11.2 Å².